The number of unbranched alkanes of at least 4 members (excludes halogenated alkanes) is 4. The van der Waals surface area contributed by atoms with Gasteiger partial charge in [-0.3, -0.25) is 0 Å². The van der Waals surface area contributed by atoms with Crippen molar-refractivity contribution in [2.45, 2.75) is 121 Å². The van der Waals surface area contributed by atoms with E-state index in [0.717, 1.165) is 25.8 Å². The first-order chi connectivity index (χ1) is 25.9. The number of nitrogens with two attached hydrogens (primary N) is 1. The first kappa shape index (κ1) is 53.4. The Morgan fingerprint density at radius 3 is 2.02 bits per heavy atom. The molecule has 294 valence electrons. The van der Waals surface area contributed by atoms with Crippen LogP contribution in [0, 0.1) is 5.41 Å². The van der Waals surface area contributed by atoms with Gasteiger partial charge in [-0.15, -0.1) is 0 Å². The van der Waals surface area contributed by atoms with Crippen LogP contribution in [-0.2, 0) is 6.54 Å². The van der Waals surface area contributed by atoms with Gasteiger partial charge < -0.3 is 11.1 Å². The van der Waals surface area contributed by atoms with E-state index in [4.69, 9.17) is 0 Å². The lowest BCUT2D eigenvalue weighted by molar-refractivity contribution is 0.553. The van der Waals surface area contributed by atoms with Gasteiger partial charge >= 0.3 is 0 Å². The van der Waals surface area contributed by atoms with E-state index in [1.807, 2.05) is 54.7 Å². The molecule has 1 aliphatic rings. The number of hydrogen-bond donors (Lipinski definition) is 2. The van der Waals surface area contributed by atoms with E-state index in [1.165, 1.54) is 66.2 Å². The molecule has 1 atom stereocenters. The Balaban J connectivity index is -0.00000291. The van der Waals surface area contributed by atoms with E-state index in [1.54, 1.807) is 0 Å². The van der Waals surface area contributed by atoms with Crippen LogP contribution in [0.1, 0.15) is 125 Å². The highest BCUT2D eigenvalue weighted by Gasteiger charge is 2.17. The summed E-state index contributed by atoms with van der Waals surface area (Å²) >= 11 is 0. The first-order valence-electron chi connectivity index (χ1n) is 20.2. The fourth-order valence-electron chi connectivity index (χ4n) is 4.91. The van der Waals surface area contributed by atoms with Crippen molar-refractivity contribution in [3.05, 3.63) is 174 Å². The molecule has 2 nitrogen and oxygen atoms in total. The lowest BCUT2D eigenvalue weighted by Crippen LogP contribution is -2.10. The van der Waals surface area contributed by atoms with Crippen molar-refractivity contribution in [1.82, 2.24) is 5.32 Å². The van der Waals surface area contributed by atoms with Gasteiger partial charge in [-0.2, -0.15) is 0 Å². The molecule has 0 aromatic heterocycles. The summed E-state index contributed by atoms with van der Waals surface area (Å²) in [4.78, 5) is 0. The smallest absolute Gasteiger partial charge is 0.0202 e. The minimum Gasteiger partial charge on any atom is -0.333 e. The van der Waals surface area contributed by atoms with E-state index in [-0.39, 0.29) is 5.41 Å². The maximum absolute atomic E-state index is 4.50. The molecule has 0 heterocycles. The van der Waals surface area contributed by atoms with Crippen molar-refractivity contribution < 1.29 is 0 Å². The molecule has 0 aliphatic heterocycles. The quantitative estimate of drug-likeness (QED) is 0.110. The highest BCUT2D eigenvalue weighted by atomic mass is 14.8. The highest BCUT2D eigenvalue weighted by molar-refractivity contribution is 5.52. The Hall–Kier alpha value is -3.98. The number of nitrogens with one attached hydrogen (secondary N) is 1. The zero-order chi connectivity index (χ0) is 40.6. The molecule has 0 radical (unpaired) electrons. The summed E-state index contributed by atoms with van der Waals surface area (Å²) in [5.41, 5.74) is 12.3. The number of rotatable bonds is 19. The van der Waals surface area contributed by atoms with Gasteiger partial charge in [-0.1, -0.05) is 219 Å². The zero-order valence-corrected chi connectivity index (χ0v) is 36.2. The average Bonchev–Trinajstić information content (AvgIpc) is 3.20. The molecule has 0 saturated carbocycles. The molecule has 1 aromatic rings. The molecular weight excluding hydrogens is 641 g/mol. The molecule has 3 N–H and O–H groups in total. The molecule has 0 saturated heterocycles. The summed E-state index contributed by atoms with van der Waals surface area (Å²) in [6, 6.07) is 8.66. The molecule has 1 aliphatic carbocycles. The average molecular weight is 721 g/mol. The van der Waals surface area contributed by atoms with Crippen LogP contribution in [0.15, 0.2) is 163 Å². The van der Waals surface area contributed by atoms with Gasteiger partial charge in [0, 0.05) is 12.0 Å². The molecule has 1 aromatic carbocycles. The van der Waals surface area contributed by atoms with Crippen LogP contribution >= 0.6 is 0 Å². The monoisotopic (exact) mass is 721 g/mol. The SMILES string of the molecule is C=C/C=C(\C=C/CCCCCC/C(C)=C/C=C(\C=C/C)/C=C/C=C/c1ccc(CNC)cc1)/C=C/C=C/C1(C)C=CC(C)=CC1.CC.CC.CC.CN. The fourth-order valence-corrected chi connectivity index (χ4v) is 4.91. The Morgan fingerprint density at radius 1 is 0.811 bits per heavy atom. The van der Waals surface area contributed by atoms with Crippen molar-refractivity contribution >= 4 is 6.08 Å². The van der Waals surface area contributed by atoms with Crippen LogP contribution in [0.5, 0.6) is 0 Å². The van der Waals surface area contributed by atoms with Gasteiger partial charge in [-0.25, -0.2) is 0 Å². The predicted octanol–water partition coefficient (Wildman–Crippen LogP) is 15.1. The molecule has 0 amide bonds. The van der Waals surface area contributed by atoms with E-state index in [9.17, 15) is 0 Å². The van der Waals surface area contributed by atoms with Gasteiger partial charge in [0.05, 0.1) is 0 Å². The number of hydrogen-bond acceptors (Lipinski definition) is 2. The van der Waals surface area contributed by atoms with Crippen LogP contribution in [0.3, 0.4) is 0 Å². The Labute approximate surface area is 329 Å². The minimum atomic E-state index is 0.109. The van der Waals surface area contributed by atoms with Gasteiger partial charge in [-0.05, 0) is 89.2 Å². The third kappa shape index (κ3) is 30.2. The Bertz CT molecular complexity index is 1360. The van der Waals surface area contributed by atoms with Crippen molar-refractivity contribution in [3.8, 4) is 0 Å². The van der Waals surface area contributed by atoms with Gasteiger partial charge in [0.2, 0.25) is 0 Å². The molecule has 2 heteroatoms. The van der Waals surface area contributed by atoms with Crippen molar-refractivity contribution in [2.24, 2.45) is 11.1 Å². The van der Waals surface area contributed by atoms with Crippen molar-refractivity contribution in [3.63, 3.8) is 0 Å². The maximum atomic E-state index is 4.50. The van der Waals surface area contributed by atoms with E-state index >= 15 is 0 Å². The number of allylic oxidation sites excluding steroid dienone is 22. The molecular formula is C51H80N2. The summed E-state index contributed by atoms with van der Waals surface area (Å²) in [6.07, 6.45) is 49.6. The molecule has 53 heavy (non-hydrogen) atoms. The second kappa shape index (κ2) is 39.2. The first-order valence-corrected chi connectivity index (χ1v) is 20.2. The van der Waals surface area contributed by atoms with E-state index < -0.39 is 0 Å². The molecule has 0 spiro atoms. The molecule has 0 bridgehead atoms. The zero-order valence-electron chi connectivity index (χ0n) is 36.2. The Kier molecular flexibility index (Phi) is 39.5. The topological polar surface area (TPSA) is 38.0 Å². The molecule has 1 unspecified atom stereocenters. The number of benzene rings is 1. The van der Waals surface area contributed by atoms with Gasteiger partial charge in [0.25, 0.3) is 0 Å². The van der Waals surface area contributed by atoms with Crippen LogP contribution < -0.4 is 11.1 Å². The van der Waals surface area contributed by atoms with Gasteiger partial charge in [0.1, 0.15) is 0 Å². The van der Waals surface area contributed by atoms with Crippen LogP contribution in [0.25, 0.3) is 6.08 Å². The van der Waals surface area contributed by atoms with E-state index in [2.05, 4.69) is 179 Å². The van der Waals surface area contributed by atoms with Crippen LogP contribution in [-0.4, -0.2) is 14.1 Å². The third-order valence-corrected chi connectivity index (χ3v) is 7.75. The predicted molar refractivity (Wildman–Crippen MR) is 247 cm³/mol. The van der Waals surface area contributed by atoms with Crippen LogP contribution in [0.4, 0.5) is 0 Å². The minimum absolute atomic E-state index is 0.109. The Morgan fingerprint density at radius 2 is 1.43 bits per heavy atom. The summed E-state index contributed by atoms with van der Waals surface area (Å²) < 4.78 is 0. The second-order valence-electron chi connectivity index (χ2n) is 12.1. The summed E-state index contributed by atoms with van der Waals surface area (Å²) in [6.45, 7) is 25.5. The summed E-state index contributed by atoms with van der Waals surface area (Å²) in [7, 11) is 3.47. The largest absolute Gasteiger partial charge is 0.333 e. The molecule has 2 rings (SSSR count). The van der Waals surface area contributed by atoms with Crippen molar-refractivity contribution in [1.29, 1.82) is 0 Å². The van der Waals surface area contributed by atoms with Gasteiger partial charge in [0.15, 0.2) is 0 Å². The summed E-state index contributed by atoms with van der Waals surface area (Å²) in [5.74, 6) is 0. The molecule has 0 fully saturated rings. The lowest BCUT2D eigenvalue weighted by Gasteiger charge is -2.23. The van der Waals surface area contributed by atoms with E-state index in [0.29, 0.717) is 0 Å². The summed E-state index contributed by atoms with van der Waals surface area (Å²) in [5, 5.41) is 3.19. The second-order valence-corrected chi connectivity index (χ2v) is 12.1. The van der Waals surface area contributed by atoms with Crippen LogP contribution in [0.2, 0.25) is 0 Å². The maximum Gasteiger partial charge on any atom is 0.0202 e. The highest BCUT2D eigenvalue weighted by Crippen LogP contribution is 2.30. The standard InChI is InChI=1S/C44H57N.3C2H6.CH5N/c1-7-19-40(25-17-18-34-44(5)35-32-39(4)33-36-44)22-14-12-10-9-11-13-21-38(3)26-27-41(20-8-2)23-15-16-24-42-28-30-43(31-29-42)37-45-6;4*1-2/h7-8,14-20,22-35,45H,1,9-13,21,36-37H2,2-6H3;3*1-2H3;2H2,1H3/b20-8-,22-14-,23-15+,24-16+,25-17+,34-18+,38-26+,40-19+,41-27+;;;;. The third-order valence-electron chi connectivity index (χ3n) is 7.75. The normalized spacial score (nSPS) is 16.2. The fraction of sp³-hybridized carbons (Fsp3) is 0.412. The van der Waals surface area contributed by atoms with Crippen molar-refractivity contribution in [2.75, 3.05) is 14.1 Å². The lowest BCUT2D eigenvalue weighted by atomic mass is 9.82.